The zero-order valence-electron chi connectivity index (χ0n) is 10.6. The number of methoxy groups -OCH3 is 1. The van der Waals surface area contributed by atoms with E-state index >= 15 is 0 Å². The number of carbonyl (C=O) groups excluding carboxylic acids is 1. The lowest BCUT2D eigenvalue weighted by Crippen LogP contribution is -2.34. The Balaban J connectivity index is 2.88. The van der Waals surface area contributed by atoms with E-state index in [4.69, 9.17) is 10.00 Å². The summed E-state index contributed by atoms with van der Waals surface area (Å²) >= 11 is 0. The number of halogens is 1. The van der Waals surface area contributed by atoms with Gasteiger partial charge >= 0.3 is 0 Å². The molecule has 102 valence electrons. The first kappa shape index (κ1) is 14.9. The van der Waals surface area contributed by atoms with Crippen LogP contribution in [0.1, 0.15) is 16.8 Å². The Labute approximate surface area is 110 Å². The van der Waals surface area contributed by atoms with Gasteiger partial charge in [0, 0.05) is 26.3 Å². The maximum absolute atomic E-state index is 12.9. The minimum Gasteiger partial charge on any atom is -0.507 e. The second-order valence-corrected chi connectivity index (χ2v) is 3.85. The molecule has 0 aliphatic carbocycles. The van der Waals surface area contributed by atoms with Crippen molar-refractivity contribution in [2.75, 3.05) is 26.8 Å². The monoisotopic (exact) mass is 266 g/mol. The average molecular weight is 266 g/mol. The molecular weight excluding hydrogens is 251 g/mol. The number of aromatic hydroxyl groups is 1. The summed E-state index contributed by atoms with van der Waals surface area (Å²) < 4.78 is 17.8. The molecule has 0 spiro atoms. The van der Waals surface area contributed by atoms with Crippen molar-refractivity contribution in [1.82, 2.24) is 4.90 Å². The van der Waals surface area contributed by atoms with Gasteiger partial charge in [0.25, 0.3) is 5.91 Å². The zero-order chi connectivity index (χ0) is 14.3. The number of hydrogen-bond acceptors (Lipinski definition) is 4. The van der Waals surface area contributed by atoms with Crippen LogP contribution in [0.3, 0.4) is 0 Å². The molecule has 0 radical (unpaired) electrons. The third-order valence-corrected chi connectivity index (χ3v) is 2.54. The number of amides is 1. The number of carbonyl (C=O) groups is 1. The van der Waals surface area contributed by atoms with Gasteiger partial charge in [-0.1, -0.05) is 0 Å². The van der Waals surface area contributed by atoms with Crippen molar-refractivity contribution < 1.29 is 19.0 Å². The highest BCUT2D eigenvalue weighted by molar-refractivity contribution is 5.96. The number of nitriles is 1. The van der Waals surface area contributed by atoms with Gasteiger partial charge in [-0.3, -0.25) is 4.79 Å². The molecule has 0 heterocycles. The molecule has 0 bridgehead atoms. The van der Waals surface area contributed by atoms with Crippen LogP contribution < -0.4 is 0 Å². The van der Waals surface area contributed by atoms with Gasteiger partial charge in [0.2, 0.25) is 0 Å². The minimum atomic E-state index is -0.616. The summed E-state index contributed by atoms with van der Waals surface area (Å²) in [4.78, 5) is 13.6. The summed E-state index contributed by atoms with van der Waals surface area (Å²) in [5, 5.41) is 18.1. The SMILES string of the molecule is COCCN(CCC#N)C(=O)c1ccc(F)cc1O. The zero-order valence-corrected chi connectivity index (χ0v) is 10.6. The van der Waals surface area contributed by atoms with Gasteiger partial charge < -0.3 is 14.7 Å². The van der Waals surface area contributed by atoms with E-state index in [1.165, 1.54) is 18.1 Å². The minimum absolute atomic E-state index is 0.00967. The molecule has 6 heteroatoms. The van der Waals surface area contributed by atoms with Crippen LogP contribution in [0, 0.1) is 17.1 Å². The smallest absolute Gasteiger partial charge is 0.257 e. The highest BCUT2D eigenvalue weighted by Crippen LogP contribution is 2.20. The number of benzene rings is 1. The second-order valence-electron chi connectivity index (χ2n) is 3.85. The van der Waals surface area contributed by atoms with E-state index < -0.39 is 17.5 Å². The Morgan fingerprint density at radius 3 is 2.84 bits per heavy atom. The van der Waals surface area contributed by atoms with Crippen LogP contribution in [-0.4, -0.2) is 42.7 Å². The van der Waals surface area contributed by atoms with Crippen molar-refractivity contribution in [2.24, 2.45) is 0 Å². The van der Waals surface area contributed by atoms with E-state index in [0.717, 1.165) is 12.1 Å². The number of hydrogen-bond donors (Lipinski definition) is 1. The maximum atomic E-state index is 12.9. The summed E-state index contributed by atoms with van der Waals surface area (Å²) in [6.07, 6.45) is 0.178. The Kier molecular flexibility index (Phi) is 5.76. The summed E-state index contributed by atoms with van der Waals surface area (Å²) in [7, 11) is 1.50. The van der Waals surface area contributed by atoms with E-state index in [-0.39, 0.29) is 18.5 Å². The van der Waals surface area contributed by atoms with Crippen molar-refractivity contribution in [3.05, 3.63) is 29.6 Å². The fraction of sp³-hybridized carbons (Fsp3) is 0.385. The normalized spacial score (nSPS) is 9.95. The standard InChI is InChI=1S/C13H15FN2O3/c1-19-8-7-16(6-2-5-15)13(18)11-4-3-10(14)9-12(11)17/h3-4,9,17H,2,6-8H2,1H3. The third kappa shape index (κ3) is 4.23. The molecule has 1 aromatic carbocycles. The fourth-order valence-electron chi connectivity index (χ4n) is 1.56. The van der Waals surface area contributed by atoms with Crippen molar-refractivity contribution >= 4 is 5.91 Å². The van der Waals surface area contributed by atoms with Crippen molar-refractivity contribution in [3.63, 3.8) is 0 Å². The largest absolute Gasteiger partial charge is 0.507 e. The van der Waals surface area contributed by atoms with E-state index in [1.54, 1.807) is 0 Å². The van der Waals surface area contributed by atoms with E-state index in [0.29, 0.717) is 13.2 Å². The molecule has 1 N–H and O–H groups in total. The van der Waals surface area contributed by atoms with Crippen LogP contribution in [0.15, 0.2) is 18.2 Å². The molecule has 0 aromatic heterocycles. The Bertz CT molecular complexity index is 485. The van der Waals surface area contributed by atoms with Crippen LogP contribution in [0.25, 0.3) is 0 Å². The first-order valence-electron chi connectivity index (χ1n) is 5.73. The van der Waals surface area contributed by atoms with Crippen LogP contribution in [0.4, 0.5) is 4.39 Å². The Morgan fingerprint density at radius 1 is 1.53 bits per heavy atom. The van der Waals surface area contributed by atoms with Crippen LogP contribution >= 0.6 is 0 Å². The highest BCUT2D eigenvalue weighted by Gasteiger charge is 2.18. The summed E-state index contributed by atoms with van der Waals surface area (Å²) in [5.41, 5.74) is 0.00967. The first-order chi connectivity index (χ1) is 9.10. The molecule has 0 aliphatic heterocycles. The molecular formula is C13H15FN2O3. The van der Waals surface area contributed by atoms with Crippen LogP contribution in [0.5, 0.6) is 5.75 Å². The molecule has 0 atom stereocenters. The molecule has 0 saturated carbocycles. The lowest BCUT2D eigenvalue weighted by molar-refractivity contribution is 0.0697. The molecule has 1 aromatic rings. The predicted octanol–water partition coefficient (Wildman–Crippen LogP) is 1.53. The van der Waals surface area contributed by atoms with Crippen LogP contribution in [0.2, 0.25) is 0 Å². The molecule has 0 fully saturated rings. The number of phenolic OH excluding ortho intramolecular Hbond substituents is 1. The molecule has 1 rings (SSSR count). The van der Waals surface area contributed by atoms with Crippen molar-refractivity contribution in [3.8, 4) is 11.8 Å². The second kappa shape index (κ2) is 7.34. The Hall–Kier alpha value is -2.13. The number of phenols is 1. The van der Waals surface area contributed by atoms with Gasteiger partial charge in [0.05, 0.1) is 24.7 Å². The van der Waals surface area contributed by atoms with Gasteiger partial charge in [-0.2, -0.15) is 5.26 Å². The van der Waals surface area contributed by atoms with Gasteiger partial charge in [-0.15, -0.1) is 0 Å². The third-order valence-electron chi connectivity index (χ3n) is 2.54. The quantitative estimate of drug-likeness (QED) is 0.847. The van der Waals surface area contributed by atoms with Gasteiger partial charge in [0.1, 0.15) is 11.6 Å². The number of ether oxygens (including phenoxy) is 1. The lowest BCUT2D eigenvalue weighted by atomic mass is 10.1. The van der Waals surface area contributed by atoms with E-state index in [9.17, 15) is 14.3 Å². The van der Waals surface area contributed by atoms with Gasteiger partial charge in [0.15, 0.2) is 0 Å². The van der Waals surface area contributed by atoms with Crippen LogP contribution in [-0.2, 0) is 4.74 Å². The number of rotatable bonds is 6. The lowest BCUT2D eigenvalue weighted by Gasteiger charge is -2.21. The molecule has 19 heavy (non-hydrogen) atoms. The maximum Gasteiger partial charge on any atom is 0.257 e. The first-order valence-corrected chi connectivity index (χ1v) is 5.73. The van der Waals surface area contributed by atoms with Gasteiger partial charge in [-0.25, -0.2) is 4.39 Å². The van der Waals surface area contributed by atoms with E-state index in [2.05, 4.69) is 0 Å². The fourth-order valence-corrected chi connectivity index (χ4v) is 1.56. The molecule has 0 unspecified atom stereocenters. The Morgan fingerprint density at radius 2 is 2.26 bits per heavy atom. The van der Waals surface area contributed by atoms with E-state index in [1.807, 2.05) is 6.07 Å². The van der Waals surface area contributed by atoms with Crippen molar-refractivity contribution in [1.29, 1.82) is 5.26 Å². The summed E-state index contributed by atoms with van der Waals surface area (Å²) in [6, 6.07) is 5.15. The van der Waals surface area contributed by atoms with Crippen molar-refractivity contribution in [2.45, 2.75) is 6.42 Å². The number of nitrogens with zero attached hydrogens (tertiary/aromatic N) is 2. The average Bonchev–Trinajstić information content (AvgIpc) is 2.38. The van der Waals surface area contributed by atoms with Gasteiger partial charge in [-0.05, 0) is 12.1 Å². The summed E-state index contributed by atoms with van der Waals surface area (Å²) in [6.45, 7) is 0.850. The molecule has 0 saturated heterocycles. The molecule has 1 amide bonds. The highest BCUT2D eigenvalue weighted by atomic mass is 19.1. The topological polar surface area (TPSA) is 73.6 Å². The predicted molar refractivity (Wildman–Crippen MR) is 66.1 cm³/mol. The molecule has 5 nitrogen and oxygen atoms in total. The molecule has 0 aliphatic rings. The summed E-state index contributed by atoms with van der Waals surface area (Å²) in [5.74, 6) is -1.48.